The monoisotopic (exact) mass is 234 g/mol. The summed E-state index contributed by atoms with van der Waals surface area (Å²) in [6.07, 6.45) is 7.53. The summed E-state index contributed by atoms with van der Waals surface area (Å²) in [4.78, 5) is 0. The average molecular weight is 234 g/mol. The summed E-state index contributed by atoms with van der Waals surface area (Å²) in [6, 6.07) is 2.00. The van der Waals surface area contributed by atoms with E-state index >= 15 is 0 Å². The van der Waals surface area contributed by atoms with Gasteiger partial charge in [0.2, 0.25) is 0 Å². The first kappa shape index (κ1) is 13.9. The summed E-state index contributed by atoms with van der Waals surface area (Å²) >= 11 is 0. The molecule has 17 heavy (non-hydrogen) atoms. The van der Waals surface area contributed by atoms with Gasteiger partial charge in [-0.3, -0.25) is 0 Å². The van der Waals surface area contributed by atoms with Crippen LogP contribution in [0.4, 0.5) is 11.4 Å². The molecule has 1 aromatic carbocycles. The van der Waals surface area contributed by atoms with Crippen LogP contribution >= 0.6 is 0 Å². The molecule has 0 spiro atoms. The van der Waals surface area contributed by atoms with Crippen molar-refractivity contribution in [3.8, 4) is 0 Å². The summed E-state index contributed by atoms with van der Waals surface area (Å²) in [5, 5.41) is 0. The van der Waals surface area contributed by atoms with Gasteiger partial charge in [-0.25, -0.2) is 0 Å². The van der Waals surface area contributed by atoms with Crippen molar-refractivity contribution in [1.82, 2.24) is 0 Å². The second-order valence-electron chi connectivity index (χ2n) is 4.96. The fraction of sp³-hybridized carbons (Fsp3) is 0.600. The highest BCUT2D eigenvalue weighted by molar-refractivity contribution is 5.65. The average Bonchev–Trinajstić information content (AvgIpc) is 2.30. The van der Waals surface area contributed by atoms with Gasteiger partial charge in [0.1, 0.15) is 0 Å². The first-order valence-corrected chi connectivity index (χ1v) is 6.72. The van der Waals surface area contributed by atoms with E-state index in [1.54, 1.807) is 0 Å². The summed E-state index contributed by atoms with van der Waals surface area (Å²) in [6.45, 7) is 6.34. The van der Waals surface area contributed by atoms with Crippen molar-refractivity contribution in [2.24, 2.45) is 0 Å². The minimum absolute atomic E-state index is 0.905. The summed E-state index contributed by atoms with van der Waals surface area (Å²) in [5.41, 5.74) is 17.5. The van der Waals surface area contributed by atoms with Gasteiger partial charge in [0.05, 0.1) is 0 Å². The van der Waals surface area contributed by atoms with Gasteiger partial charge in [0.15, 0.2) is 0 Å². The molecule has 4 N–H and O–H groups in total. The zero-order valence-electron chi connectivity index (χ0n) is 11.5. The van der Waals surface area contributed by atoms with Gasteiger partial charge in [0, 0.05) is 11.4 Å². The topological polar surface area (TPSA) is 52.0 Å². The third kappa shape index (κ3) is 3.65. The number of unbranched alkanes of at least 4 members (excludes halogenated alkanes) is 4. The van der Waals surface area contributed by atoms with E-state index in [2.05, 4.69) is 13.8 Å². The van der Waals surface area contributed by atoms with Crippen molar-refractivity contribution in [3.05, 3.63) is 22.8 Å². The Bertz CT molecular complexity index is 370. The van der Waals surface area contributed by atoms with Gasteiger partial charge in [-0.1, -0.05) is 32.6 Å². The van der Waals surface area contributed by atoms with Crippen LogP contribution in [-0.2, 0) is 6.42 Å². The van der Waals surface area contributed by atoms with Crippen molar-refractivity contribution < 1.29 is 0 Å². The van der Waals surface area contributed by atoms with Crippen molar-refractivity contribution >= 4 is 11.4 Å². The maximum Gasteiger partial charge on any atom is 0.0377 e. The Morgan fingerprint density at radius 3 is 2.29 bits per heavy atom. The van der Waals surface area contributed by atoms with Gasteiger partial charge < -0.3 is 11.5 Å². The number of hydrogen-bond donors (Lipinski definition) is 2. The van der Waals surface area contributed by atoms with E-state index in [9.17, 15) is 0 Å². The lowest BCUT2D eigenvalue weighted by Crippen LogP contribution is -2.03. The highest BCUT2D eigenvalue weighted by atomic mass is 14.6. The second-order valence-corrected chi connectivity index (χ2v) is 4.96. The Kier molecular flexibility index (Phi) is 5.33. The van der Waals surface area contributed by atoms with Crippen LogP contribution in [0.3, 0.4) is 0 Å². The molecule has 1 aromatic rings. The number of aryl methyl sites for hydroxylation is 1. The molecule has 0 radical (unpaired) electrons. The predicted molar refractivity (Wildman–Crippen MR) is 77.2 cm³/mol. The fourth-order valence-corrected chi connectivity index (χ4v) is 2.31. The maximum absolute atomic E-state index is 6.08. The van der Waals surface area contributed by atoms with E-state index < -0.39 is 0 Å². The molecule has 0 saturated carbocycles. The zero-order valence-corrected chi connectivity index (χ0v) is 11.5. The van der Waals surface area contributed by atoms with Gasteiger partial charge in [0.25, 0.3) is 0 Å². The third-order valence-corrected chi connectivity index (χ3v) is 3.53. The van der Waals surface area contributed by atoms with Crippen LogP contribution in [0.2, 0.25) is 0 Å². The largest absolute Gasteiger partial charge is 0.398 e. The van der Waals surface area contributed by atoms with Crippen LogP contribution < -0.4 is 11.5 Å². The molecule has 0 amide bonds. The number of nitrogen functional groups attached to an aromatic ring is 2. The first-order chi connectivity index (χ1) is 8.07. The molecule has 0 heterocycles. The Labute approximate surface area is 105 Å². The SMILES string of the molecule is CCCCCCCc1c(N)cc(C)c(N)c1C. The molecule has 0 aliphatic carbocycles. The Hall–Kier alpha value is -1.18. The molecular formula is C15H26N2. The van der Waals surface area contributed by atoms with Gasteiger partial charge >= 0.3 is 0 Å². The van der Waals surface area contributed by atoms with Crippen molar-refractivity contribution in [1.29, 1.82) is 0 Å². The van der Waals surface area contributed by atoms with E-state index in [0.717, 1.165) is 23.4 Å². The molecular weight excluding hydrogens is 208 g/mol. The highest BCUT2D eigenvalue weighted by Gasteiger charge is 2.08. The zero-order chi connectivity index (χ0) is 12.8. The third-order valence-electron chi connectivity index (χ3n) is 3.53. The number of nitrogens with two attached hydrogens (primary N) is 2. The normalized spacial score (nSPS) is 10.8. The Morgan fingerprint density at radius 2 is 1.65 bits per heavy atom. The van der Waals surface area contributed by atoms with E-state index in [1.165, 1.54) is 43.2 Å². The molecule has 0 atom stereocenters. The molecule has 0 fully saturated rings. The number of rotatable bonds is 6. The van der Waals surface area contributed by atoms with Crippen LogP contribution in [0, 0.1) is 13.8 Å². The predicted octanol–water partition coefficient (Wildman–Crippen LogP) is 3.98. The molecule has 0 saturated heterocycles. The molecule has 0 unspecified atom stereocenters. The molecule has 0 aromatic heterocycles. The minimum atomic E-state index is 0.905. The van der Waals surface area contributed by atoms with Crippen LogP contribution in [-0.4, -0.2) is 0 Å². The van der Waals surface area contributed by atoms with Crippen LogP contribution in [0.25, 0.3) is 0 Å². The van der Waals surface area contributed by atoms with E-state index in [4.69, 9.17) is 11.5 Å². The number of hydrogen-bond acceptors (Lipinski definition) is 2. The molecule has 1 rings (SSSR count). The molecule has 0 aliphatic heterocycles. The lowest BCUT2D eigenvalue weighted by molar-refractivity contribution is 0.632. The summed E-state index contributed by atoms with van der Waals surface area (Å²) in [5.74, 6) is 0. The smallest absolute Gasteiger partial charge is 0.0377 e. The van der Waals surface area contributed by atoms with Gasteiger partial charge in [-0.2, -0.15) is 0 Å². The van der Waals surface area contributed by atoms with E-state index in [0.29, 0.717) is 0 Å². The van der Waals surface area contributed by atoms with Gasteiger partial charge in [-0.05, 0) is 49.4 Å². The van der Waals surface area contributed by atoms with Crippen LogP contribution in [0.1, 0.15) is 55.7 Å². The summed E-state index contributed by atoms with van der Waals surface area (Å²) < 4.78 is 0. The number of benzene rings is 1. The van der Waals surface area contributed by atoms with Gasteiger partial charge in [-0.15, -0.1) is 0 Å². The maximum atomic E-state index is 6.08. The second kappa shape index (κ2) is 6.53. The molecule has 96 valence electrons. The van der Waals surface area contributed by atoms with Crippen molar-refractivity contribution in [3.63, 3.8) is 0 Å². The standard InChI is InChI=1S/C15H26N2/c1-4-5-6-7-8-9-13-12(3)15(17)11(2)10-14(13)16/h10H,4-9,16-17H2,1-3H3. The first-order valence-electron chi connectivity index (χ1n) is 6.72. The van der Waals surface area contributed by atoms with Crippen LogP contribution in [0.15, 0.2) is 6.07 Å². The van der Waals surface area contributed by atoms with Crippen LogP contribution in [0.5, 0.6) is 0 Å². The minimum Gasteiger partial charge on any atom is -0.398 e. The van der Waals surface area contributed by atoms with Crippen molar-refractivity contribution in [2.75, 3.05) is 11.5 Å². The molecule has 2 nitrogen and oxygen atoms in total. The molecule has 0 bridgehead atoms. The number of anilines is 2. The van der Waals surface area contributed by atoms with E-state index in [-0.39, 0.29) is 0 Å². The van der Waals surface area contributed by atoms with Crippen molar-refractivity contribution in [2.45, 2.75) is 59.3 Å². The summed E-state index contributed by atoms with van der Waals surface area (Å²) in [7, 11) is 0. The lowest BCUT2D eigenvalue weighted by atomic mass is 9.96. The molecule has 2 heteroatoms. The Balaban J connectivity index is 2.62. The highest BCUT2D eigenvalue weighted by Crippen LogP contribution is 2.27. The quantitative estimate of drug-likeness (QED) is 0.578. The van der Waals surface area contributed by atoms with E-state index in [1.807, 2.05) is 13.0 Å². The fourth-order valence-electron chi connectivity index (χ4n) is 2.31. The lowest BCUT2D eigenvalue weighted by Gasteiger charge is -2.14. The molecule has 0 aliphatic rings. The Morgan fingerprint density at radius 1 is 1.00 bits per heavy atom.